The Bertz CT molecular complexity index is 292. The number of carbonyl (C=O) groups excluding carboxylic acids is 2. The summed E-state index contributed by atoms with van der Waals surface area (Å²) in [5.74, 6) is -0.0509. The van der Waals surface area contributed by atoms with Crippen molar-refractivity contribution in [2.24, 2.45) is 11.7 Å². The minimum absolute atomic E-state index is 0.0546. The molecular formula is C13H25N3O2. The number of rotatable bonds is 5. The molecule has 1 unspecified atom stereocenters. The minimum Gasteiger partial charge on any atom is -0.356 e. The second-order valence-electron chi connectivity index (χ2n) is 5.06. The third kappa shape index (κ3) is 4.29. The van der Waals surface area contributed by atoms with Gasteiger partial charge in [-0.3, -0.25) is 9.59 Å². The zero-order valence-electron chi connectivity index (χ0n) is 11.4. The predicted molar refractivity (Wildman–Crippen MR) is 70.9 cm³/mol. The van der Waals surface area contributed by atoms with Crippen LogP contribution in [0.3, 0.4) is 0 Å². The van der Waals surface area contributed by atoms with Gasteiger partial charge in [0, 0.05) is 19.6 Å². The summed E-state index contributed by atoms with van der Waals surface area (Å²) in [5.41, 5.74) is 5.59. The molecule has 2 atom stereocenters. The maximum absolute atomic E-state index is 11.9. The second-order valence-corrected chi connectivity index (χ2v) is 5.06. The van der Waals surface area contributed by atoms with Gasteiger partial charge in [-0.2, -0.15) is 0 Å². The molecule has 0 radical (unpaired) electrons. The Kier molecular flexibility index (Phi) is 6.12. The van der Waals surface area contributed by atoms with Gasteiger partial charge in [0.25, 0.3) is 0 Å². The highest BCUT2D eigenvalue weighted by Crippen LogP contribution is 2.17. The fourth-order valence-corrected chi connectivity index (χ4v) is 2.21. The molecule has 0 bridgehead atoms. The first-order valence-corrected chi connectivity index (χ1v) is 6.88. The Balaban J connectivity index is 2.43. The lowest BCUT2D eigenvalue weighted by Gasteiger charge is -2.33. The predicted octanol–water partition coefficient (Wildman–Crippen LogP) is 0.489. The van der Waals surface area contributed by atoms with Crippen LogP contribution in [-0.4, -0.2) is 42.4 Å². The van der Waals surface area contributed by atoms with Gasteiger partial charge < -0.3 is 16.0 Å². The van der Waals surface area contributed by atoms with Gasteiger partial charge in [-0.1, -0.05) is 13.3 Å². The van der Waals surface area contributed by atoms with Crippen LogP contribution in [0.25, 0.3) is 0 Å². The lowest BCUT2D eigenvalue weighted by Crippen LogP contribution is -2.49. The molecule has 5 heteroatoms. The van der Waals surface area contributed by atoms with Gasteiger partial charge in [-0.05, 0) is 26.2 Å². The van der Waals surface area contributed by atoms with E-state index in [1.807, 2.05) is 0 Å². The summed E-state index contributed by atoms with van der Waals surface area (Å²) in [6.45, 7) is 5.74. The van der Waals surface area contributed by atoms with E-state index in [0.717, 1.165) is 38.8 Å². The lowest BCUT2D eigenvalue weighted by atomic mass is 9.96. The van der Waals surface area contributed by atoms with E-state index in [1.54, 1.807) is 11.8 Å². The first-order chi connectivity index (χ1) is 8.56. The fourth-order valence-electron chi connectivity index (χ4n) is 2.21. The summed E-state index contributed by atoms with van der Waals surface area (Å²) in [4.78, 5) is 25.4. The van der Waals surface area contributed by atoms with E-state index in [1.165, 1.54) is 0 Å². The van der Waals surface area contributed by atoms with Gasteiger partial charge in [-0.15, -0.1) is 0 Å². The monoisotopic (exact) mass is 255 g/mol. The Morgan fingerprint density at radius 1 is 1.50 bits per heavy atom. The summed E-state index contributed by atoms with van der Waals surface area (Å²) in [5, 5.41) is 2.93. The molecule has 0 aromatic rings. The van der Waals surface area contributed by atoms with Gasteiger partial charge in [0.15, 0.2) is 0 Å². The number of piperidine rings is 1. The molecule has 1 saturated heterocycles. The van der Waals surface area contributed by atoms with Gasteiger partial charge in [0.2, 0.25) is 11.8 Å². The van der Waals surface area contributed by atoms with Gasteiger partial charge >= 0.3 is 0 Å². The Morgan fingerprint density at radius 3 is 2.83 bits per heavy atom. The fraction of sp³-hybridized carbons (Fsp3) is 0.846. The molecule has 0 saturated carbocycles. The molecule has 0 spiro atoms. The van der Waals surface area contributed by atoms with Crippen molar-refractivity contribution in [1.82, 2.24) is 10.2 Å². The van der Waals surface area contributed by atoms with Crippen LogP contribution in [-0.2, 0) is 9.59 Å². The molecule has 1 rings (SSSR count). The average molecular weight is 255 g/mol. The smallest absolute Gasteiger partial charge is 0.239 e. The van der Waals surface area contributed by atoms with E-state index in [9.17, 15) is 9.59 Å². The van der Waals surface area contributed by atoms with Crippen LogP contribution in [0.2, 0.25) is 0 Å². The maximum Gasteiger partial charge on any atom is 0.239 e. The highest BCUT2D eigenvalue weighted by Gasteiger charge is 2.29. The second kappa shape index (κ2) is 7.36. The molecule has 1 aliphatic heterocycles. The lowest BCUT2D eigenvalue weighted by molar-refractivity contribution is -0.136. The number of carbonyl (C=O) groups is 2. The number of nitrogens with two attached hydrogens (primary N) is 1. The van der Waals surface area contributed by atoms with E-state index >= 15 is 0 Å². The third-order valence-corrected chi connectivity index (χ3v) is 3.32. The Morgan fingerprint density at radius 2 is 2.22 bits per heavy atom. The summed E-state index contributed by atoms with van der Waals surface area (Å²) >= 11 is 0. The van der Waals surface area contributed by atoms with Gasteiger partial charge in [-0.25, -0.2) is 0 Å². The number of likely N-dealkylation sites (tertiary alicyclic amines) is 1. The quantitative estimate of drug-likeness (QED) is 0.702. The largest absolute Gasteiger partial charge is 0.356 e. The molecule has 0 aromatic heterocycles. The van der Waals surface area contributed by atoms with Crippen molar-refractivity contribution < 1.29 is 9.59 Å². The molecule has 104 valence electrons. The number of nitrogens with one attached hydrogen (secondary N) is 1. The molecule has 5 nitrogen and oxygen atoms in total. The van der Waals surface area contributed by atoms with E-state index in [0.29, 0.717) is 6.54 Å². The summed E-state index contributed by atoms with van der Waals surface area (Å²) in [6, 6.07) is -0.480. The van der Waals surface area contributed by atoms with Crippen LogP contribution >= 0.6 is 0 Å². The number of unbranched alkanes of at least 4 members (excludes halogenated alkanes) is 1. The molecule has 1 aliphatic rings. The molecule has 1 fully saturated rings. The van der Waals surface area contributed by atoms with Crippen LogP contribution in [0.4, 0.5) is 0 Å². The molecule has 1 heterocycles. The zero-order valence-corrected chi connectivity index (χ0v) is 11.4. The van der Waals surface area contributed by atoms with Crippen molar-refractivity contribution in [2.75, 3.05) is 19.6 Å². The molecule has 0 aromatic carbocycles. The van der Waals surface area contributed by atoms with E-state index in [-0.39, 0.29) is 17.7 Å². The van der Waals surface area contributed by atoms with Gasteiger partial charge in [0.05, 0.1) is 12.0 Å². The zero-order chi connectivity index (χ0) is 13.5. The number of hydrogen-bond donors (Lipinski definition) is 2. The SMILES string of the molecule is CCCCNC(=O)C1CCCN(C(=O)[C@H](C)N)C1. The summed E-state index contributed by atoms with van der Waals surface area (Å²) < 4.78 is 0. The summed E-state index contributed by atoms with van der Waals surface area (Å²) in [7, 11) is 0. The van der Waals surface area contributed by atoms with E-state index in [4.69, 9.17) is 5.73 Å². The molecule has 3 N–H and O–H groups in total. The first-order valence-electron chi connectivity index (χ1n) is 6.88. The van der Waals surface area contributed by atoms with Crippen molar-refractivity contribution in [3.8, 4) is 0 Å². The standard InChI is InChI=1S/C13H25N3O2/c1-3-4-7-15-12(17)11-6-5-8-16(9-11)13(18)10(2)14/h10-11H,3-9,14H2,1-2H3,(H,15,17)/t10-,11?/m0/s1. The number of amides is 2. The minimum atomic E-state index is -0.480. The first kappa shape index (κ1) is 15.0. The Hall–Kier alpha value is -1.10. The average Bonchev–Trinajstić information content (AvgIpc) is 2.38. The van der Waals surface area contributed by atoms with Crippen LogP contribution in [0.1, 0.15) is 39.5 Å². The van der Waals surface area contributed by atoms with Crippen LogP contribution in [0.5, 0.6) is 0 Å². The molecule has 18 heavy (non-hydrogen) atoms. The van der Waals surface area contributed by atoms with Crippen molar-refractivity contribution in [3.05, 3.63) is 0 Å². The number of nitrogens with zero attached hydrogens (tertiary/aromatic N) is 1. The maximum atomic E-state index is 11.9. The third-order valence-electron chi connectivity index (χ3n) is 3.32. The van der Waals surface area contributed by atoms with Crippen LogP contribution in [0, 0.1) is 5.92 Å². The molecular weight excluding hydrogens is 230 g/mol. The topological polar surface area (TPSA) is 75.4 Å². The molecule has 2 amide bonds. The van der Waals surface area contributed by atoms with Crippen molar-refractivity contribution >= 4 is 11.8 Å². The van der Waals surface area contributed by atoms with E-state index in [2.05, 4.69) is 12.2 Å². The van der Waals surface area contributed by atoms with Crippen molar-refractivity contribution in [1.29, 1.82) is 0 Å². The van der Waals surface area contributed by atoms with Crippen molar-refractivity contribution in [2.45, 2.75) is 45.6 Å². The van der Waals surface area contributed by atoms with Crippen molar-refractivity contribution in [3.63, 3.8) is 0 Å². The number of hydrogen-bond acceptors (Lipinski definition) is 3. The Labute approximate surface area is 109 Å². The molecule has 0 aliphatic carbocycles. The van der Waals surface area contributed by atoms with Crippen LogP contribution in [0.15, 0.2) is 0 Å². The highest BCUT2D eigenvalue weighted by atomic mass is 16.2. The van der Waals surface area contributed by atoms with E-state index < -0.39 is 6.04 Å². The summed E-state index contributed by atoms with van der Waals surface area (Å²) in [6.07, 6.45) is 3.81. The van der Waals surface area contributed by atoms with Crippen LogP contribution < -0.4 is 11.1 Å². The van der Waals surface area contributed by atoms with Gasteiger partial charge in [0.1, 0.15) is 0 Å². The highest BCUT2D eigenvalue weighted by molar-refractivity contribution is 5.83. The normalized spacial score (nSPS) is 21.5.